The Morgan fingerprint density at radius 2 is 1.97 bits per heavy atom. The fourth-order valence-electron chi connectivity index (χ4n) is 3.52. The average molecular weight is 533 g/mol. The fraction of sp³-hybridized carbons (Fsp3) is 0.450. The van der Waals surface area contributed by atoms with Gasteiger partial charge in [0.15, 0.2) is 0 Å². The highest BCUT2D eigenvalue weighted by Gasteiger charge is 2.47. The molecule has 3 rings (SSSR count). The highest BCUT2D eigenvalue weighted by molar-refractivity contribution is 14.1. The van der Waals surface area contributed by atoms with E-state index in [4.69, 9.17) is 0 Å². The van der Waals surface area contributed by atoms with Gasteiger partial charge in [0.25, 0.3) is 5.56 Å². The summed E-state index contributed by atoms with van der Waals surface area (Å²) in [5.74, 6) is 0.288. The third-order valence-electron chi connectivity index (χ3n) is 5.06. The van der Waals surface area contributed by atoms with Crippen LogP contribution in [0.5, 0.6) is 0 Å². The summed E-state index contributed by atoms with van der Waals surface area (Å²) in [6.07, 6.45) is 1.49. The van der Waals surface area contributed by atoms with Crippen molar-refractivity contribution in [2.24, 2.45) is 18.9 Å². The third-order valence-corrected chi connectivity index (χ3v) is 7.61. The summed E-state index contributed by atoms with van der Waals surface area (Å²) in [5.41, 5.74) is 0.505. The van der Waals surface area contributed by atoms with Crippen LogP contribution in [-0.2, 0) is 17.1 Å². The van der Waals surface area contributed by atoms with Gasteiger partial charge in [0.1, 0.15) is 11.6 Å². The average Bonchev–Trinajstić information content (AvgIpc) is 3.37. The van der Waals surface area contributed by atoms with Gasteiger partial charge in [-0.2, -0.15) is 0 Å². The number of benzene rings is 1. The summed E-state index contributed by atoms with van der Waals surface area (Å²) in [5, 5.41) is 2.45. The van der Waals surface area contributed by atoms with Gasteiger partial charge in [0.2, 0.25) is 10.0 Å². The maximum atomic E-state index is 14.3. The van der Waals surface area contributed by atoms with Crippen LogP contribution in [0.4, 0.5) is 21.6 Å². The van der Waals surface area contributed by atoms with Crippen LogP contribution in [-0.4, -0.2) is 18.2 Å². The number of hydrogen-bond acceptors (Lipinski definition) is 4. The number of hydrogen-bond donors (Lipinski definition) is 2. The molecule has 6 nitrogen and oxygen atoms in total. The third kappa shape index (κ3) is 4.93. The number of pyridine rings is 1. The molecule has 158 valence electrons. The first-order valence-electron chi connectivity index (χ1n) is 9.44. The monoisotopic (exact) mass is 533 g/mol. The van der Waals surface area contributed by atoms with E-state index in [1.807, 2.05) is 22.6 Å². The topological polar surface area (TPSA) is 80.2 Å². The van der Waals surface area contributed by atoms with Crippen LogP contribution in [0.2, 0.25) is 0 Å². The fourth-order valence-corrected chi connectivity index (χ4v) is 5.71. The number of nitrogens with zero attached hydrogens (tertiary/aromatic N) is 1. The molecule has 0 amide bonds. The molecule has 2 unspecified atom stereocenters. The first kappa shape index (κ1) is 22.1. The normalized spacial score (nSPS) is 18.7. The molecule has 2 atom stereocenters. The summed E-state index contributed by atoms with van der Waals surface area (Å²) in [4.78, 5) is 12.4. The van der Waals surface area contributed by atoms with Crippen molar-refractivity contribution in [2.75, 3.05) is 10.0 Å². The van der Waals surface area contributed by atoms with Crippen molar-refractivity contribution in [2.45, 2.75) is 38.9 Å². The molecule has 1 aliphatic rings. The second-order valence-electron chi connectivity index (χ2n) is 8.01. The summed E-state index contributed by atoms with van der Waals surface area (Å²) in [6, 6.07) is 6.13. The SMILES string of the molecule is Cc1cc(NS(=O)(=O)C2CC2CC(C)C)c(Nc2ccc(I)cc2F)n(C)c1=O. The van der Waals surface area contributed by atoms with Crippen molar-refractivity contribution in [3.05, 3.63) is 49.6 Å². The van der Waals surface area contributed by atoms with Crippen LogP contribution >= 0.6 is 22.6 Å². The van der Waals surface area contributed by atoms with Crippen LogP contribution in [0.1, 0.15) is 32.3 Å². The summed E-state index contributed by atoms with van der Waals surface area (Å²) >= 11 is 2.00. The maximum absolute atomic E-state index is 14.3. The van der Waals surface area contributed by atoms with Crippen molar-refractivity contribution < 1.29 is 12.8 Å². The lowest BCUT2D eigenvalue weighted by molar-refractivity contribution is 0.536. The van der Waals surface area contributed by atoms with Gasteiger partial charge in [-0.3, -0.25) is 14.1 Å². The number of halogens is 2. The highest BCUT2D eigenvalue weighted by atomic mass is 127. The molecule has 1 heterocycles. The Balaban J connectivity index is 1.95. The van der Waals surface area contributed by atoms with Crippen molar-refractivity contribution in [3.63, 3.8) is 0 Å². The zero-order valence-corrected chi connectivity index (χ0v) is 19.8. The van der Waals surface area contributed by atoms with Crippen molar-refractivity contribution in [3.8, 4) is 0 Å². The first-order chi connectivity index (χ1) is 13.5. The van der Waals surface area contributed by atoms with Gasteiger partial charge in [-0.15, -0.1) is 0 Å². The van der Waals surface area contributed by atoms with E-state index in [9.17, 15) is 17.6 Å². The molecular weight excluding hydrogens is 508 g/mol. The number of nitrogens with one attached hydrogen (secondary N) is 2. The summed E-state index contributed by atoms with van der Waals surface area (Å²) in [7, 11) is -2.09. The molecule has 1 saturated carbocycles. The lowest BCUT2D eigenvalue weighted by atomic mass is 10.1. The Kier molecular flexibility index (Phi) is 6.28. The molecule has 2 aromatic rings. The zero-order chi connectivity index (χ0) is 21.5. The van der Waals surface area contributed by atoms with Crippen LogP contribution in [0.25, 0.3) is 0 Å². The van der Waals surface area contributed by atoms with E-state index < -0.39 is 21.1 Å². The number of rotatable bonds is 7. The summed E-state index contributed by atoms with van der Waals surface area (Å²) in [6.45, 7) is 5.76. The smallest absolute Gasteiger partial charge is 0.254 e. The van der Waals surface area contributed by atoms with Crippen LogP contribution in [0.15, 0.2) is 29.1 Å². The van der Waals surface area contributed by atoms with E-state index in [0.29, 0.717) is 17.9 Å². The zero-order valence-electron chi connectivity index (χ0n) is 16.8. The Morgan fingerprint density at radius 1 is 1.28 bits per heavy atom. The van der Waals surface area contributed by atoms with E-state index in [2.05, 4.69) is 23.9 Å². The number of aryl methyl sites for hydroxylation is 1. The maximum Gasteiger partial charge on any atom is 0.254 e. The minimum atomic E-state index is -3.61. The predicted molar refractivity (Wildman–Crippen MR) is 123 cm³/mol. The van der Waals surface area contributed by atoms with E-state index in [1.54, 1.807) is 19.1 Å². The second-order valence-corrected chi connectivity index (χ2v) is 11.2. The molecule has 29 heavy (non-hydrogen) atoms. The molecule has 0 radical (unpaired) electrons. The molecule has 1 aliphatic carbocycles. The lowest BCUT2D eigenvalue weighted by Gasteiger charge is -2.19. The van der Waals surface area contributed by atoms with Gasteiger partial charge in [-0.1, -0.05) is 13.8 Å². The Hall–Kier alpha value is -1.62. The van der Waals surface area contributed by atoms with Gasteiger partial charge in [0.05, 0.1) is 16.6 Å². The minimum absolute atomic E-state index is 0.145. The predicted octanol–water partition coefficient (Wildman–Crippen LogP) is 4.36. The Morgan fingerprint density at radius 3 is 2.59 bits per heavy atom. The van der Waals surface area contributed by atoms with Crippen molar-refractivity contribution in [1.82, 2.24) is 4.57 Å². The van der Waals surface area contributed by atoms with Crippen LogP contribution in [0, 0.1) is 28.1 Å². The van der Waals surface area contributed by atoms with E-state index >= 15 is 0 Å². The van der Waals surface area contributed by atoms with Crippen LogP contribution in [0.3, 0.4) is 0 Å². The molecule has 0 aliphatic heterocycles. The first-order valence-corrected chi connectivity index (χ1v) is 12.1. The summed E-state index contributed by atoms with van der Waals surface area (Å²) < 4.78 is 44.8. The molecule has 2 N–H and O–H groups in total. The Labute approximate surface area is 184 Å². The van der Waals surface area contributed by atoms with Gasteiger partial charge in [-0.25, -0.2) is 12.8 Å². The van der Waals surface area contributed by atoms with E-state index in [1.165, 1.54) is 23.7 Å². The van der Waals surface area contributed by atoms with E-state index in [0.717, 1.165) is 9.99 Å². The largest absolute Gasteiger partial charge is 0.337 e. The molecule has 1 aromatic carbocycles. The van der Waals surface area contributed by atoms with Gasteiger partial charge >= 0.3 is 0 Å². The highest BCUT2D eigenvalue weighted by Crippen LogP contribution is 2.42. The molecule has 1 aromatic heterocycles. The van der Waals surface area contributed by atoms with Gasteiger partial charge in [0, 0.05) is 16.2 Å². The molecule has 0 saturated heterocycles. The minimum Gasteiger partial charge on any atom is -0.337 e. The lowest BCUT2D eigenvalue weighted by Crippen LogP contribution is -2.26. The van der Waals surface area contributed by atoms with Gasteiger partial charge < -0.3 is 5.32 Å². The number of sulfonamides is 1. The number of aromatic nitrogens is 1. The van der Waals surface area contributed by atoms with Crippen LogP contribution < -0.4 is 15.6 Å². The molecule has 9 heteroatoms. The quantitative estimate of drug-likeness (QED) is 0.519. The molecular formula is C20H25FIN3O3S. The Bertz CT molecular complexity index is 1100. The molecule has 1 fully saturated rings. The van der Waals surface area contributed by atoms with E-state index in [-0.39, 0.29) is 28.7 Å². The number of anilines is 3. The van der Waals surface area contributed by atoms with Crippen molar-refractivity contribution in [1.29, 1.82) is 0 Å². The van der Waals surface area contributed by atoms with Gasteiger partial charge in [-0.05, 0) is 78.5 Å². The standard InChI is InChI=1S/C20H25FIN3O3S/c1-11(2)7-13-9-18(13)29(27,28)24-17-8-12(3)20(26)25(4)19(17)23-16-6-5-14(22)10-15(16)21/h5-6,8,10-11,13,18,23-24H,7,9H2,1-4H3. The molecule has 0 bridgehead atoms. The second kappa shape index (κ2) is 8.25. The molecule has 0 spiro atoms. The van der Waals surface area contributed by atoms with Crippen molar-refractivity contribution >= 4 is 49.8 Å².